The molecule has 3 aromatic heterocycles. The van der Waals surface area contributed by atoms with Gasteiger partial charge in [0.05, 0.1) is 42.0 Å². The maximum absolute atomic E-state index is 12.7. The van der Waals surface area contributed by atoms with Crippen molar-refractivity contribution in [2.24, 2.45) is 0 Å². The van der Waals surface area contributed by atoms with Crippen molar-refractivity contribution < 1.29 is 23.6 Å². The summed E-state index contributed by atoms with van der Waals surface area (Å²) in [6, 6.07) is 3.41. The highest BCUT2D eigenvalue weighted by molar-refractivity contribution is 7.84. The third-order valence-electron chi connectivity index (χ3n) is 3.79. The van der Waals surface area contributed by atoms with Crippen molar-refractivity contribution in [3.8, 4) is 11.6 Å². The molecule has 3 aromatic rings. The van der Waals surface area contributed by atoms with E-state index in [-0.39, 0.29) is 22.2 Å². The number of ether oxygens (including phenoxy) is 2. The number of nitrogens with one attached hydrogen (secondary N) is 1. The van der Waals surface area contributed by atoms with E-state index in [1.807, 2.05) is 0 Å². The number of aromatic carboxylic acids is 1. The summed E-state index contributed by atoms with van der Waals surface area (Å²) < 4.78 is 22.9. The minimum atomic E-state index is -1.53. The molecule has 26 heavy (non-hydrogen) atoms. The van der Waals surface area contributed by atoms with Gasteiger partial charge < -0.3 is 19.6 Å². The summed E-state index contributed by atoms with van der Waals surface area (Å²) in [5.74, 6) is -0.468. The Morgan fingerprint density at radius 2 is 2.04 bits per heavy atom. The van der Waals surface area contributed by atoms with Crippen LogP contribution in [0.1, 0.15) is 21.6 Å². The molecule has 0 radical (unpaired) electrons. The molecule has 3 rings (SSSR count). The Balaban J connectivity index is 1.91. The Hall–Kier alpha value is -3.01. The maximum atomic E-state index is 12.7. The molecule has 3 heterocycles. The second-order valence-corrected chi connectivity index (χ2v) is 6.70. The van der Waals surface area contributed by atoms with Crippen LogP contribution in [0.3, 0.4) is 0 Å². The average molecular weight is 376 g/mol. The lowest BCUT2D eigenvalue weighted by Crippen LogP contribution is -2.08. The molecule has 0 saturated heterocycles. The third kappa shape index (κ3) is 3.23. The zero-order chi connectivity index (χ0) is 18.8. The van der Waals surface area contributed by atoms with Gasteiger partial charge in [-0.25, -0.2) is 9.78 Å². The minimum Gasteiger partial charge on any atom is -0.495 e. The van der Waals surface area contributed by atoms with Gasteiger partial charge in [0.15, 0.2) is 10.8 Å². The number of aromatic amines is 1. The zero-order valence-corrected chi connectivity index (χ0v) is 15.1. The molecule has 0 fully saturated rings. The highest BCUT2D eigenvalue weighted by Gasteiger charge is 2.20. The number of imidazole rings is 1. The van der Waals surface area contributed by atoms with Gasteiger partial charge in [-0.2, -0.15) is 4.98 Å². The van der Waals surface area contributed by atoms with Crippen LogP contribution in [0.15, 0.2) is 23.5 Å². The number of aromatic nitrogens is 4. The Morgan fingerprint density at radius 3 is 2.69 bits per heavy atom. The number of carboxylic acids is 1. The summed E-state index contributed by atoms with van der Waals surface area (Å²) in [7, 11) is 1.36. The molecule has 1 atom stereocenters. The highest BCUT2D eigenvalue weighted by Crippen LogP contribution is 2.26. The first-order chi connectivity index (χ1) is 12.4. The van der Waals surface area contributed by atoms with Gasteiger partial charge in [0.1, 0.15) is 11.3 Å². The number of hydrogen-bond acceptors (Lipinski definition) is 7. The van der Waals surface area contributed by atoms with Gasteiger partial charge in [-0.3, -0.25) is 9.19 Å². The lowest BCUT2D eigenvalue weighted by Gasteiger charge is -2.11. The number of carbonyl (C=O) groups is 1. The monoisotopic (exact) mass is 376 g/mol. The molecule has 1 unspecified atom stereocenters. The molecule has 9 nitrogen and oxygen atoms in total. The molecule has 0 amide bonds. The van der Waals surface area contributed by atoms with Crippen molar-refractivity contribution in [2.45, 2.75) is 17.8 Å². The molecule has 0 aliphatic heterocycles. The van der Waals surface area contributed by atoms with E-state index in [9.17, 15) is 14.1 Å². The molecule has 0 aliphatic rings. The summed E-state index contributed by atoms with van der Waals surface area (Å²) in [6.45, 7) is 1.68. The molecule has 0 aromatic carbocycles. The molecule has 0 spiro atoms. The quantitative estimate of drug-likeness (QED) is 0.665. The first kappa shape index (κ1) is 17.8. The smallest absolute Gasteiger partial charge is 0.341 e. The summed E-state index contributed by atoms with van der Waals surface area (Å²) in [6.07, 6.45) is 1.20. The molecule has 0 aliphatic carbocycles. The number of carboxylic acid groups (broad SMARTS) is 1. The Kier molecular flexibility index (Phi) is 4.85. The van der Waals surface area contributed by atoms with Gasteiger partial charge in [0.25, 0.3) is 0 Å². The number of H-pyrrole nitrogens is 1. The van der Waals surface area contributed by atoms with Gasteiger partial charge in [0, 0.05) is 17.8 Å². The number of methoxy groups -OCH3 is 2. The van der Waals surface area contributed by atoms with Crippen LogP contribution in [0.5, 0.6) is 11.6 Å². The first-order valence-corrected chi connectivity index (χ1v) is 8.81. The summed E-state index contributed by atoms with van der Waals surface area (Å²) in [5, 5.41) is 9.44. The van der Waals surface area contributed by atoms with E-state index in [4.69, 9.17) is 9.47 Å². The predicted molar refractivity (Wildman–Crippen MR) is 93.0 cm³/mol. The number of hydrogen-bond donors (Lipinski definition) is 2. The fraction of sp³-hybridized carbons (Fsp3) is 0.250. The van der Waals surface area contributed by atoms with Crippen molar-refractivity contribution >= 4 is 27.9 Å². The number of fused-ring (bicyclic) bond motifs is 1. The lowest BCUT2D eigenvalue weighted by molar-refractivity contribution is 0.0692. The normalized spacial score (nSPS) is 12.1. The van der Waals surface area contributed by atoms with Crippen LogP contribution < -0.4 is 9.47 Å². The van der Waals surface area contributed by atoms with E-state index in [0.717, 1.165) is 0 Å². The summed E-state index contributed by atoms with van der Waals surface area (Å²) in [5.41, 5.74) is 1.99. The SMILES string of the molecule is COc1ccc2[nH]c(S(=O)Cc3ncc(C(=O)O)c(OC)c3C)nc2n1. The fourth-order valence-corrected chi connectivity index (χ4v) is 3.55. The summed E-state index contributed by atoms with van der Waals surface area (Å²) >= 11 is 0. The standard InChI is InChI=1S/C16H16N4O5S/c1-8-11(17-6-9(15(21)22)13(8)25-3)7-26(23)16-18-10-4-5-12(24-2)19-14(10)20-16/h4-6H,7H2,1-3H3,(H,21,22)(H,18,19,20). The Morgan fingerprint density at radius 1 is 1.27 bits per heavy atom. The number of nitrogens with zero attached hydrogens (tertiary/aromatic N) is 3. The van der Waals surface area contributed by atoms with Gasteiger partial charge >= 0.3 is 5.97 Å². The molecule has 0 bridgehead atoms. The van der Waals surface area contributed by atoms with Crippen molar-refractivity contribution in [1.29, 1.82) is 0 Å². The Bertz CT molecular complexity index is 1020. The van der Waals surface area contributed by atoms with E-state index in [0.29, 0.717) is 28.3 Å². The van der Waals surface area contributed by atoms with Crippen molar-refractivity contribution in [1.82, 2.24) is 19.9 Å². The lowest BCUT2D eigenvalue weighted by atomic mass is 10.1. The van der Waals surface area contributed by atoms with Crippen LogP contribution in [-0.4, -0.2) is 49.4 Å². The predicted octanol–water partition coefficient (Wildman–Crippen LogP) is 1.68. The summed E-state index contributed by atoms with van der Waals surface area (Å²) in [4.78, 5) is 26.7. The third-order valence-corrected chi connectivity index (χ3v) is 4.95. The highest BCUT2D eigenvalue weighted by atomic mass is 32.2. The topological polar surface area (TPSA) is 127 Å². The first-order valence-electron chi connectivity index (χ1n) is 7.49. The number of pyridine rings is 2. The van der Waals surface area contributed by atoms with Gasteiger partial charge in [-0.15, -0.1) is 0 Å². The molecule has 136 valence electrons. The second kappa shape index (κ2) is 7.08. The van der Waals surface area contributed by atoms with Crippen LogP contribution in [0.4, 0.5) is 0 Å². The van der Waals surface area contributed by atoms with E-state index >= 15 is 0 Å². The van der Waals surface area contributed by atoms with E-state index in [1.165, 1.54) is 20.4 Å². The van der Waals surface area contributed by atoms with Gasteiger partial charge in [-0.05, 0) is 13.0 Å². The average Bonchev–Trinajstić information content (AvgIpc) is 3.06. The number of rotatable bonds is 6. The molecule has 2 N–H and O–H groups in total. The molecule has 0 saturated carbocycles. The fourth-order valence-electron chi connectivity index (χ4n) is 2.46. The van der Waals surface area contributed by atoms with Crippen molar-refractivity contribution in [3.63, 3.8) is 0 Å². The zero-order valence-electron chi connectivity index (χ0n) is 14.3. The van der Waals surface area contributed by atoms with Crippen molar-refractivity contribution in [2.75, 3.05) is 14.2 Å². The van der Waals surface area contributed by atoms with Gasteiger partial charge in [0.2, 0.25) is 5.88 Å². The van der Waals surface area contributed by atoms with Crippen LogP contribution in [-0.2, 0) is 16.6 Å². The maximum Gasteiger partial charge on any atom is 0.341 e. The van der Waals surface area contributed by atoms with Crippen LogP contribution in [0.2, 0.25) is 0 Å². The Labute approximate surface area is 150 Å². The largest absolute Gasteiger partial charge is 0.495 e. The molecule has 10 heteroatoms. The van der Waals surface area contributed by atoms with Crippen LogP contribution >= 0.6 is 0 Å². The molecular weight excluding hydrogens is 360 g/mol. The second-order valence-electron chi connectivity index (χ2n) is 5.34. The van der Waals surface area contributed by atoms with E-state index < -0.39 is 16.8 Å². The van der Waals surface area contributed by atoms with Crippen molar-refractivity contribution in [3.05, 3.63) is 35.2 Å². The minimum absolute atomic E-state index is 0.0421. The van der Waals surface area contributed by atoms with Crippen LogP contribution in [0.25, 0.3) is 11.2 Å². The van der Waals surface area contributed by atoms with E-state index in [1.54, 1.807) is 19.1 Å². The van der Waals surface area contributed by atoms with Gasteiger partial charge in [-0.1, -0.05) is 0 Å². The molecular formula is C16H16N4O5S. The van der Waals surface area contributed by atoms with Crippen LogP contribution in [0, 0.1) is 6.92 Å². The van der Waals surface area contributed by atoms with E-state index in [2.05, 4.69) is 19.9 Å².